The molecule has 0 saturated heterocycles. The Bertz CT molecular complexity index is 921. The maximum Gasteiger partial charge on any atom is 0.416 e. The lowest BCUT2D eigenvalue weighted by atomic mass is 9.97. The van der Waals surface area contributed by atoms with Crippen LogP contribution in [0, 0.1) is 5.92 Å². The van der Waals surface area contributed by atoms with Crippen molar-refractivity contribution < 1.29 is 41.8 Å². The van der Waals surface area contributed by atoms with Gasteiger partial charge >= 0.3 is 18.1 Å². The summed E-state index contributed by atoms with van der Waals surface area (Å²) in [6.45, 7) is 0. The molecule has 0 aliphatic heterocycles. The monoisotopic (exact) mass is 463 g/mol. The first-order chi connectivity index (χ1) is 14.5. The zero-order valence-corrected chi connectivity index (χ0v) is 16.7. The normalized spacial score (nSPS) is 12.3. The molecule has 1 aromatic carbocycles. The third-order valence-electron chi connectivity index (χ3n) is 3.45. The van der Waals surface area contributed by atoms with E-state index < -0.39 is 47.0 Å². The van der Waals surface area contributed by atoms with E-state index in [1.54, 1.807) is 0 Å². The Morgan fingerprint density at radius 2 is 1.81 bits per heavy atom. The van der Waals surface area contributed by atoms with E-state index in [4.69, 9.17) is 5.84 Å². The highest BCUT2D eigenvalue weighted by Crippen LogP contribution is 2.30. The van der Waals surface area contributed by atoms with Crippen LogP contribution in [0.25, 0.3) is 0 Å². The Labute approximate surface area is 178 Å². The van der Waals surface area contributed by atoms with Crippen LogP contribution in [-0.2, 0) is 34.8 Å². The van der Waals surface area contributed by atoms with Crippen LogP contribution in [0.2, 0.25) is 0 Å². The molecule has 0 aliphatic carbocycles. The lowest BCUT2D eigenvalue weighted by Crippen LogP contribution is -2.45. The Balaban J connectivity index is 3.27. The smallest absolute Gasteiger partial charge is 0.416 e. The van der Waals surface area contributed by atoms with Crippen molar-refractivity contribution in [1.82, 2.24) is 10.9 Å². The lowest BCUT2D eigenvalue weighted by molar-refractivity contribution is -0.150. The van der Waals surface area contributed by atoms with Crippen LogP contribution in [0.3, 0.4) is 0 Å². The number of hydrogen-bond acceptors (Lipinski definition) is 9. The molecule has 0 fully saturated rings. The zero-order chi connectivity index (χ0) is 23.8. The number of nitrogens with one attached hydrogen (secondary N) is 3. The number of esters is 2. The van der Waals surface area contributed by atoms with Crippen LogP contribution in [-0.4, -0.2) is 48.7 Å². The molecule has 0 saturated carbocycles. The lowest BCUT2D eigenvalue weighted by Gasteiger charge is -2.15. The van der Waals surface area contributed by atoms with Crippen molar-refractivity contribution in [2.24, 2.45) is 16.9 Å². The summed E-state index contributed by atoms with van der Waals surface area (Å²) in [4.78, 5) is 49.0. The minimum atomic E-state index is -4.70. The van der Waals surface area contributed by atoms with Gasteiger partial charge in [-0.2, -0.15) is 18.3 Å². The van der Waals surface area contributed by atoms with Crippen LogP contribution in [0.15, 0.2) is 29.4 Å². The molecule has 1 amide bonds. The maximum absolute atomic E-state index is 12.8. The quantitative estimate of drug-likeness (QED) is 0.0815. The number of hydrazone groups is 1. The molecule has 5 N–H and O–H groups in total. The molecular weight excluding hydrogens is 447 g/mol. The summed E-state index contributed by atoms with van der Waals surface area (Å²) in [7, 11) is 1.76. The first-order valence-electron chi connectivity index (χ1n) is 7.99. The second-order valence-electron chi connectivity index (χ2n) is 5.43. The largest absolute Gasteiger partial charge is 0.468 e. The van der Waals surface area contributed by atoms with Crippen LogP contribution in [0.5, 0.6) is 0 Å². The second kappa shape index (κ2) is 11.0. The molecule has 15 heteroatoms. The molecule has 31 heavy (non-hydrogen) atoms. The van der Waals surface area contributed by atoms with Crippen molar-refractivity contribution in [3.05, 3.63) is 29.8 Å². The van der Waals surface area contributed by atoms with Crippen LogP contribution < -0.4 is 22.0 Å². The standard InChI is InChI=1S/C16H16F3N5O6S/c1-29-13(27)9(10(14(28)30-2)23-24-15(31)22-20)11(25)12(26)21-8-5-3-4-7(6-8)16(17,18)19/h3-6,9H,20H2,1-2H3,(H,21,26)(H2,22,24,31)/b23-10+/t9-/m1/s1. The highest BCUT2D eigenvalue weighted by atomic mass is 32.1. The highest BCUT2D eigenvalue weighted by molar-refractivity contribution is 7.80. The summed E-state index contributed by atoms with van der Waals surface area (Å²) in [5.74, 6) is -2.97. The molecule has 0 heterocycles. The number of benzene rings is 1. The Morgan fingerprint density at radius 1 is 1.16 bits per heavy atom. The summed E-state index contributed by atoms with van der Waals surface area (Å²) in [5.41, 5.74) is 1.59. The van der Waals surface area contributed by atoms with Crippen molar-refractivity contribution in [2.45, 2.75) is 6.18 Å². The van der Waals surface area contributed by atoms with Gasteiger partial charge in [-0.05, 0) is 30.4 Å². The average molecular weight is 463 g/mol. The third-order valence-corrected chi connectivity index (χ3v) is 3.66. The number of carbonyl (C=O) groups excluding carboxylic acids is 4. The van der Waals surface area contributed by atoms with Crippen molar-refractivity contribution >= 4 is 52.4 Å². The molecular formula is C16H16F3N5O6S. The number of carbonyl (C=O) groups is 4. The molecule has 1 rings (SSSR count). The number of amides is 1. The number of nitrogens with zero attached hydrogens (tertiary/aromatic N) is 1. The van der Waals surface area contributed by atoms with Gasteiger partial charge in [0, 0.05) is 5.69 Å². The van der Waals surface area contributed by atoms with E-state index in [9.17, 15) is 32.3 Å². The molecule has 1 aromatic rings. The van der Waals surface area contributed by atoms with Crippen molar-refractivity contribution in [3.8, 4) is 0 Å². The van der Waals surface area contributed by atoms with Crippen molar-refractivity contribution in [2.75, 3.05) is 19.5 Å². The number of ether oxygens (including phenoxy) is 2. The Morgan fingerprint density at radius 3 is 2.32 bits per heavy atom. The average Bonchev–Trinajstić information content (AvgIpc) is 2.74. The number of methoxy groups -OCH3 is 2. The summed E-state index contributed by atoms with van der Waals surface area (Å²) < 4.78 is 47.3. The molecule has 0 unspecified atom stereocenters. The summed E-state index contributed by atoms with van der Waals surface area (Å²) in [6.07, 6.45) is -4.70. The number of hydrogen-bond donors (Lipinski definition) is 4. The second-order valence-corrected chi connectivity index (χ2v) is 5.84. The number of halogens is 3. The fourth-order valence-corrected chi connectivity index (χ4v) is 2.08. The fraction of sp³-hybridized carbons (Fsp3) is 0.250. The van der Waals surface area contributed by atoms with Gasteiger partial charge in [0.15, 0.2) is 11.6 Å². The number of ketones is 1. The summed E-state index contributed by atoms with van der Waals surface area (Å²) >= 11 is 4.64. The number of alkyl halides is 3. The van der Waals surface area contributed by atoms with Crippen molar-refractivity contribution in [1.29, 1.82) is 0 Å². The Hall–Kier alpha value is -3.59. The molecule has 0 aliphatic rings. The molecule has 1 atom stereocenters. The number of thiocarbonyl (C=S) groups is 1. The summed E-state index contributed by atoms with van der Waals surface area (Å²) in [6, 6.07) is 3.39. The Kier molecular flexibility index (Phi) is 9.01. The van der Waals surface area contributed by atoms with E-state index in [1.165, 1.54) is 0 Å². The number of Topliss-reactive ketones (excluding diaryl/α,β-unsaturated/α-hetero) is 1. The third kappa shape index (κ3) is 7.00. The number of anilines is 1. The molecule has 0 spiro atoms. The first-order valence-corrected chi connectivity index (χ1v) is 8.39. The van der Waals surface area contributed by atoms with E-state index in [1.807, 2.05) is 16.2 Å². The van der Waals surface area contributed by atoms with Crippen LogP contribution in [0.1, 0.15) is 5.56 Å². The van der Waals surface area contributed by atoms with Gasteiger partial charge in [-0.15, -0.1) is 0 Å². The van der Waals surface area contributed by atoms with Crippen LogP contribution in [0.4, 0.5) is 18.9 Å². The number of hydrazine groups is 1. The van der Waals surface area contributed by atoms with Gasteiger partial charge in [0.25, 0.3) is 5.91 Å². The van der Waals surface area contributed by atoms with Gasteiger partial charge in [0.2, 0.25) is 10.9 Å². The topological polar surface area (TPSA) is 161 Å². The summed E-state index contributed by atoms with van der Waals surface area (Å²) in [5, 5.41) is 5.04. The van der Waals surface area contributed by atoms with Gasteiger partial charge in [-0.1, -0.05) is 6.07 Å². The van der Waals surface area contributed by atoms with E-state index in [0.717, 1.165) is 32.4 Å². The van der Waals surface area contributed by atoms with Gasteiger partial charge in [0.05, 0.1) is 19.8 Å². The van der Waals surface area contributed by atoms with E-state index >= 15 is 0 Å². The zero-order valence-electron chi connectivity index (χ0n) is 15.9. The maximum atomic E-state index is 12.8. The van der Waals surface area contributed by atoms with Gasteiger partial charge in [0.1, 0.15) is 0 Å². The minimum absolute atomic E-state index is 0.328. The van der Waals surface area contributed by atoms with E-state index in [-0.39, 0.29) is 10.8 Å². The predicted octanol–water partition coefficient (Wildman–Crippen LogP) is -0.131. The first kappa shape index (κ1) is 25.4. The fourth-order valence-electron chi connectivity index (χ4n) is 2.03. The predicted molar refractivity (Wildman–Crippen MR) is 103 cm³/mol. The van der Waals surface area contributed by atoms with E-state index in [2.05, 4.69) is 26.8 Å². The molecule has 0 bridgehead atoms. The molecule has 168 valence electrons. The van der Waals surface area contributed by atoms with Gasteiger partial charge in [-0.25, -0.2) is 10.6 Å². The van der Waals surface area contributed by atoms with Crippen molar-refractivity contribution in [3.63, 3.8) is 0 Å². The molecule has 11 nitrogen and oxygen atoms in total. The van der Waals surface area contributed by atoms with Gasteiger partial charge in [-0.3, -0.25) is 25.2 Å². The van der Waals surface area contributed by atoms with E-state index in [0.29, 0.717) is 6.07 Å². The number of nitrogens with two attached hydrogens (primary N) is 1. The minimum Gasteiger partial charge on any atom is -0.468 e. The SMILES string of the molecule is COC(=O)/C(=N/NC(=S)NN)[C@@H](C(=O)OC)C(=O)C(=O)Nc1cccc(C(F)(F)F)c1. The molecule has 0 aromatic heterocycles. The highest BCUT2D eigenvalue weighted by Gasteiger charge is 2.41. The molecule has 0 radical (unpaired) electrons. The van der Waals surface area contributed by atoms with Crippen LogP contribution >= 0.6 is 12.2 Å². The van der Waals surface area contributed by atoms with Gasteiger partial charge < -0.3 is 14.8 Å². The number of rotatable bonds is 7.